The Morgan fingerprint density at radius 3 is 2.38 bits per heavy atom. The molecule has 1 heterocycles. The first-order valence-corrected chi connectivity index (χ1v) is 7.10. The fraction of sp³-hybridized carbons (Fsp3) is 0.158. The van der Waals surface area contributed by atoms with Crippen LogP contribution in [0.5, 0.6) is 0 Å². The number of carbonyl (C=O) groups excluding carboxylic acids is 1. The van der Waals surface area contributed by atoms with Gasteiger partial charge < -0.3 is 0 Å². The molecule has 21 heavy (non-hydrogen) atoms. The van der Waals surface area contributed by atoms with Crippen LogP contribution < -0.4 is 0 Å². The Hall–Kier alpha value is -2.48. The van der Waals surface area contributed by atoms with Gasteiger partial charge in [-0.2, -0.15) is 0 Å². The molecule has 3 aromatic rings. The molecule has 3 rings (SSSR count). The highest BCUT2D eigenvalue weighted by atomic mass is 16.1. The van der Waals surface area contributed by atoms with E-state index in [2.05, 4.69) is 23.2 Å². The molecule has 0 amide bonds. The number of aromatic nitrogens is 1. The minimum Gasteiger partial charge on any atom is -0.300 e. The van der Waals surface area contributed by atoms with Gasteiger partial charge in [0.25, 0.3) is 0 Å². The first-order valence-electron chi connectivity index (χ1n) is 7.10. The Bertz CT molecular complexity index is 806. The fourth-order valence-electron chi connectivity index (χ4n) is 2.77. The highest BCUT2D eigenvalue weighted by molar-refractivity contribution is 5.98. The van der Waals surface area contributed by atoms with Crippen LogP contribution >= 0.6 is 0 Å². The first-order chi connectivity index (χ1) is 10.2. The van der Waals surface area contributed by atoms with E-state index >= 15 is 0 Å². The molecule has 0 N–H and O–H groups in total. The monoisotopic (exact) mass is 275 g/mol. The molecule has 104 valence electrons. The number of para-hydroxylation sites is 1. The van der Waals surface area contributed by atoms with E-state index in [9.17, 15) is 4.79 Å². The average Bonchev–Trinajstić information content (AvgIpc) is 2.48. The Balaban J connectivity index is 2.39. The van der Waals surface area contributed by atoms with Crippen molar-refractivity contribution in [2.75, 3.05) is 0 Å². The fourth-order valence-corrected chi connectivity index (χ4v) is 2.77. The number of hydrogen-bond acceptors (Lipinski definition) is 2. The smallest absolute Gasteiger partial charge is 0.134 e. The van der Waals surface area contributed by atoms with E-state index in [-0.39, 0.29) is 5.78 Å². The van der Waals surface area contributed by atoms with Gasteiger partial charge in [-0.25, -0.2) is 0 Å². The Labute approximate surface area is 124 Å². The third-order valence-electron chi connectivity index (χ3n) is 3.69. The van der Waals surface area contributed by atoms with Crippen LogP contribution in [0.1, 0.15) is 18.2 Å². The summed E-state index contributed by atoms with van der Waals surface area (Å²) >= 11 is 0. The molecule has 0 spiro atoms. The lowest BCUT2D eigenvalue weighted by molar-refractivity contribution is -0.116. The molecule has 0 aliphatic carbocycles. The minimum atomic E-state index is 0.160. The first kappa shape index (κ1) is 13.5. The van der Waals surface area contributed by atoms with Gasteiger partial charge in [0.15, 0.2) is 0 Å². The van der Waals surface area contributed by atoms with Crippen molar-refractivity contribution in [3.05, 3.63) is 65.9 Å². The summed E-state index contributed by atoms with van der Waals surface area (Å²) in [5.41, 5.74) is 5.21. The molecule has 0 aliphatic rings. The number of carbonyl (C=O) groups is 1. The van der Waals surface area contributed by atoms with Crippen LogP contribution in [0.3, 0.4) is 0 Å². The number of fused-ring (bicyclic) bond motifs is 1. The van der Waals surface area contributed by atoms with Crippen molar-refractivity contribution >= 4 is 16.7 Å². The van der Waals surface area contributed by atoms with Gasteiger partial charge in [-0.3, -0.25) is 9.78 Å². The summed E-state index contributed by atoms with van der Waals surface area (Å²) in [5.74, 6) is 0.160. The van der Waals surface area contributed by atoms with E-state index in [1.54, 1.807) is 6.92 Å². The van der Waals surface area contributed by atoms with Crippen LogP contribution in [0, 0.1) is 6.92 Å². The van der Waals surface area contributed by atoms with E-state index in [1.165, 1.54) is 0 Å². The van der Waals surface area contributed by atoms with Gasteiger partial charge in [-0.15, -0.1) is 0 Å². The highest BCUT2D eigenvalue weighted by Crippen LogP contribution is 2.33. The number of hydrogen-bond donors (Lipinski definition) is 0. The van der Waals surface area contributed by atoms with Crippen molar-refractivity contribution in [1.29, 1.82) is 0 Å². The van der Waals surface area contributed by atoms with Gasteiger partial charge in [-0.05, 0) is 36.6 Å². The maximum atomic E-state index is 11.7. The van der Waals surface area contributed by atoms with Crippen LogP contribution in [0.25, 0.3) is 22.0 Å². The average molecular weight is 275 g/mol. The summed E-state index contributed by atoms with van der Waals surface area (Å²) in [4.78, 5) is 16.3. The van der Waals surface area contributed by atoms with Crippen molar-refractivity contribution in [3.8, 4) is 11.1 Å². The summed E-state index contributed by atoms with van der Waals surface area (Å²) in [6, 6.07) is 18.3. The third-order valence-corrected chi connectivity index (χ3v) is 3.69. The van der Waals surface area contributed by atoms with E-state index in [4.69, 9.17) is 0 Å². The molecule has 0 bridgehead atoms. The molecule has 2 heteroatoms. The molecular weight excluding hydrogens is 258 g/mol. The summed E-state index contributed by atoms with van der Waals surface area (Å²) in [5, 5.41) is 1.10. The molecule has 2 aromatic carbocycles. The molecule has 0 radical (unpaired) electrons. The number of pyridine rings is 1. The largest absolute Gasteiger partial charge is 0.300 e. The summed E-state index contributed by atoms with van der Waals surface area (Å²) in [6.07, 6.45) is 0.424. The van der Waals surface area contributed by atoms with Crippen LogP contribution in [-0.4, -0.2) is 10.8 Å². The molecule has 0 atom stereocenters. The molecule has 0 saturated heterocycles. The van der Waals surface area contributed by atoms with Crippen LogP contribution in [0.15, 0.2) is 54.6 Å². The van der Waals surface area contributed by atoms with Gasteiger partial charge in [0.2, 0.25) is 0 Å². The number of nitrogens with zero attached hydrogens (tertiary/aromatic N) is 1. The number of benzene rings is 2. The van der Waals surface area contributed by atoms with Crippen molar-refractivity contribution in [2.45, 2.75) is 20.3 Å². The maximum Gasteiger partial charge on any atom is 0.134 e. The second-order valence-corrected chi connectivity index (χ2v) is 5.31. The number of rotatable bonds is 3. The van der Waals surface area contributed by atoms with Crippen molar-refractivity contribution in [3.63, 3.8) is 0 Å². The summed E-state index contributed by atoms with van der Waals surface area (Å²) in [6.45, 7) is 3.61. The SMILES string of the molecule is CC(=O)Cc1c(C)nc2ccccc2c1-c1ccccc1. The van der Waals surface area contributed by atoms with Crippen LogP contribution in [0.2, 0.25) is 0 Å². The minimum absolute atomic E-state index is 0.160. The quantitative estimate of drug-likeness (QED) is 0.711. The van der Waals surface area contributed by atoms with Crippen molar-refractivity contribution < 1.29 is 4.79 Å². The summed E-state index contributed by atoms with van der Waals surface area (Å²) in [7, 11) is 0. The lowest BCUT2D eigenvalue weighted by Gasteiger charge is -2.15. The standard InChI is InChI=1S/C19H17NO/c1-13(21)12-17-14(2)20-18-11-7-6-10-16(18)19(17)15-8-4-3-5-9-15/h3-11H,12H2,1-2H3. The van der Waals surface area contributed by atoms with Crippen LogP contribution in [-0.2, 0) is 11.2 Å². The van der Waals surface area contributed by atoms with Gasteiger partial charge in [0.05, 0.1) is 5.52 Å². The molecular formula is C19H17NO. The molecule has 0 fully saturated rings. The van der Waals surface area contributed by atoms with Crippen molar-refractivity contribution in [1.82, 2.24) is 4.98 Å². The molecule has 0 aliphatic heterocycles. The zero-order valence-corrected chi connectivity index (χ0v) is 12.3. The number of aryl methyl sites for hydroxylation is 1. The maximum absolute atomic E-state index is 11.7. The van der Waals surface area contributed by atoms with Crippen molar-refractivity contribution in [2.24, 2.45) is 0 Å². The topological polar surface area (TPSA) is 30.0 Å². The van der Waals surface area contributed by atoms with Gasteiger partial charge in [-0.1, -0.05) is 48.5 Å². The molecule has 1 aromatic heterocycles. The Kier molecular flexibility index (Phi) is 3.53. The Morgan fingerprint density at radius 2 is 1.67 bits per heavy atom. The second kappa shape index (κ2) is 5.49. The van der Waals surface area contributed by atoms with Gasteiger partial charge in [0, 0.05) is 17.5 Å². The van der Waals surface area contributed by atoms with Gasteiger partial charge in [0.1, 0.15) is 5.78 Å². The van der Waals surface area contributed by atoms with E-state index in [0.29, 0.717) is 6.42 Å². The lowest BCUT2D eigenvalue weighted by atomic mass is 9.92. The third kappa shape index (κ3) is 2.57. The van der Waals surface area contributed by atoms with Gasteiger partial charge >= 0.3 is 0 Å². The van der Waals surface area contributed by atoms with E-state index in [1.807, 2.05) is 43.3 Å². The molecule has 2 nitrogen and oxygen atoms in total. The number of Topliss-reactive ketones (excluding diaryl/α,β-unsaturated/α-hetero) is 1. The lowest BCUT2D eigenvalue weighted by Crippen LogP contribution is -2.04. The van der Waals surface area contributed by atoms with E-state index < -0.39 is 0 Å². The van der Waals surface area contributed by atoms with Crippen LogP contribution in [0.4, 0.5) is 0 Å². The predicted molar refractivity (Wildman–Crippen MR) is 86.3 cm³/mol. The predicted octanol–water partition coefficient (Wildman–Crippen LogP) is 4.34. The zero-order valence-electron chi connectivity index (χ0n) is 12.3. The molecule has 0 saturated carbocycles. The second-order valence-electron chi connectivity index (χ2n) is 5.31. The highest BCUT2D eigenvalue weighted by Gasteiger charge is 2.15. The normalized spacial score (nSPS) is 10.8. The Morgan fingerprint density at radius 1 is 1.00 bits per heavy atom. The number of ketones is 1. The summed E-state index contributed by atoms with van der Waals surface area (Å²) < 4.78 is 0. The zero-order chi connectivity index (χ0) is 14.8. The molecule has 0 unspecified atom stereocenters. The van der Waals surface area contributed by atoms with E-state index in [0.717, 1.165) is 33.3 Å².